The molecule has 0 spiro atoms. The van der Waals surface area contributed by atoms with Crippen molar-refractivity contribution < 1.29 is 4.79 Å². The molecule has 4 nitrogen and oxygen atoms in total. The second-order valence-corrected chi connectivity index (χ2v) is 6.25. The molecule has 24 heavy (non-hydrogen) atoms. The van der Waals surface area contributed by atoms with E-state index in [2.05, 4.69) is 28.9 Å². The van der Waals surface area contributed by atoms with Gasteiger partial charge in [-0.3, -0.25) is 4.79 Å². The Labute approximate surface area is 144 Å². The fraction of sp³-hybridized carbons (Fsp3) is 0.400. The van der Waals surface area contributed by atoms with Crippen molar-refractivity contribution in [2.75, 3.05) is 31.1 Å². The molecule has 1 unspecified atom stereocenters. The van der Waals surface area contributed by atoms with E-state index in [4.69, 9.17) is 0 Å². The lowest BCUT2D eigenvalue weighted by Crippen LogP contribution is -2.50. The molecule has 0 N–H and O–H groups in total. The second-order valence-electron chi connectivity index (χ2n) is 6.25. The fourth-order valence-electron chi connectivity index (χ4n) is 3.32. The molecule has 3 rings (SSSR count). The molecule has 4 heteroatoms. The van der Waals surface area contributed by atoms with Crippen LogP contribution in [0.5, 0.6) is 0 Å². The summed E-state index contributed by atoms with van der Waals surface area (Å²) in [4.78, 5) is 21.7. The molecule has 2 aromatic rings. The minimum atomic E-state index is -0.0161. The maximum atomic E-state index is 13.0. The summed E-state index contributed by atoms with van der Waals surface area (Å²) < 4.78 is 0. The number of amides is 1. The predicted octanol–water partition coefficient (Wildman–Crippen LogP) is 3.31. The Morgan fingerprint density at radius 2 is 1.75 bits per heavy atom. The zero-order valence-corrected chi connectivity index (χ0v) is 14.3. The number of benzene rings is 1. The highest BCUT2D eigenvalue weighted by Crippen LogP contribution is 2.25. The first kappa shape index (κ1) is 16.5. The topological polar surface area (TPSA) is 36.4 Å². The summed E-state index contributed by atoms with van der Waals surface area (Å²) in [6.07, 6.45) is 3.74. The van der Waals surface area contributed by atoms with E-state index in [0.29, 0.717) is 0 Å². The van der Waals surface area contributed by atoms with Crippen molar-refractivity contribution in [3.63, 3.8) is 0 Å². The monoisotopic (exact) mass is 323 g/mol. The number of pyridine rings is 1. The minimum Gasteiger partial charge on any atom is -0.353 e. The first-order chi connectivity index (χ1) is 11.8. The second kappa shape index (κ2) is 7.95. The van der Waals surface area contributed by atoms with Gasteiger partial charge in [-0.15, -0.1) is 0 Å². The van der Waals surface area contributed by atoms with E-state index < -0.39 is 0 Å². The highest BCUT2D eigenvalue weighted by Gasteiger charge is 2.28. The van der Waals surface area contributed by atoms with Crippen molar-refractivity contribution in [1.82, 2.24) is 9.88 Å². The SMILES string of the molecule is CCCC(C(=O)N1CCN(c2ccccn2)CC1)c1ccccc1. The van der Waals surface area contributed by atoms with Crippen LogP contribution < -0.4 is 4.90 Å². The van der Waals surface area contributed by atoms with E-state index in [0.717, 1.165) is 50.4 Å². The van der Waals surface area contributed by atoms with Crippen LogP contribution in [0.25, 0.3) is 0 Å². The van der Waals surface area contributed by atoms with Gasteiger partial charge in [0.25, 0.3) is 0 Å². The van der Waals surface area contributed by atoms with E-state index >= 15 is 0 Å². The number of hydrogen-bond donors (Lipinski definition) is 0. The number of rotatable bonds is 5. The Balaban J connectivity index is 1.65. The van der Waals surface area contributed by atoms with Crippen LogP contribution in [0.3, 0.4) is 0 Å². The van der Waals surface area contributed by atoms with Gasteiger partial charge in [-0.2, -0.15) is 0 Å². The predicted molar refractivity (Wildman–Crippen MR) is 97.1 cm³/mol. The third-order valence-corrected chi connectivity index (χ3v) is 4.64. The number of carbonyl (C=O) groups is 1. The fourth-order valence-corrected chi connectivity index (χ4v) is 3.32. The molecule has 1 aliphatic heterocycles. The van der Waals surface area contributed by atoms with Crippen molar-refractivity contribution in [3.8, 4) is 0 Å². The van der Waals surface area contributed by atoms with Crippen LogP contribution in [0.4, 0.5) is 5.82 Å². The third kappa shape index (κ3) is 3.75. The Hall–Kier alpha value is -2.36. The van der Waals surface area contributed by atoms with Gasteiger partial charge in [-0.25, -0.2) is 4.98 Å². The number of carbonyl (C=O) groups excluding carboxylic acids is 1. The average molecular weight is 323 g/mol. The summed E-state index contributed by atoms with van der Waals surface area (Å²) in [5.74, 6) is 1.25. The lowest BCUT2D eigenvalue weighted by Gasteiger charge is -2.37. The maximum absolute atomic E-state index is 13.0. The standard InChI is InChI=1S/C20H25N3O/c1-2-8-18(17-9-4-3-5-10-17)20(24)23-15-13-22(14-16-23)19-11-6-7-12-21-19/h3-7,9-12,18H,2,8,13-16H2,1H3. The van der Waals surface area contributed by atoms with E-state index in [9.17, 15) is 4.79 Å². The van der Waals surface area contributed by atoms with Gasteiger partial charge >= 0.3 is 0 Å². The van der Waals surface area contributed by atoms with Crippen LogP contribution in [-0.4, -0.2) is 42.0 Å². The first-order valence-electron chi connectivity index (χ1n) is 8.79. The molecular weight excluding hydrogens is 298 g/mol. The molecular formula is C20H25N3O. The summed E-state index contributed by atoms with van der Waals surface area (Å²) in [6, 6.07) is 16.1. The van der Waals surface area contributed by atoms with Crippen molar-refractivity contribution in [2.45, 2.75) is 25.7 Å². The van der Waals surface area contributed by atoms with Crippen LogP contribution in [0, 0.1) is 0 Å². The number of nitrogens with zero attached hydrogens (tertiary/aromatic N) is 3. The van der Waals surface area contributed by atoms with Gasteiger partial charge in [0.05, 0.1) is 5.92 Å². The average Bonchev–Trinajstić information content (AvgIpc) is 2.67. The first-order valence-corrected chi connectivity index (χ1v) is 8.79. The summed E-state index contributed by atoms with van der Waals surface area (Å²) in [7, 11) is 0. The molecule has 0 saturated carbocycles. The number of aromatic nitrogens is 1. The molecule has 1 aliphatic rings. The number of hydrogen-bond acceptors (Lipinski definition) is 3. The quantitative estimate of drug-likeness (QED) is 0.847. The molecule has 0 radical (unpaired) electrons. The Morgan fingerprint density at radius 3 is 2.38 bits per heavy atom. The summed E-state index contributed by atoms with van der Waals surface area (Å²) in [5.41, 5.74) is 1.14. The van der Waals surface area contributed by atoms with Crippen LogP contribution in [0.1, 0.15) is 31.2 Å². The van der Waals surface area contributed by atoms with Crippen LogP contribution in [-0.2, 0) is 4.79 Å². The Bertz CT molecular complexity index is 636. The van der Waals surface area contributed by atoms with Crippen LogP contribution in [0.15, 0.2) is 54.7 Å². The molecule has 1 aromatic carbocycles. The molecule has 2 heterocycles. The lowest BCUT2D eigenvalue weighted by atomic mass is 9.93. The van der Waals surface area contributed by atoms with Crippen molar-refractivity contribution in [1.29, 1.82) is 0 Å². The van der Waals surface area contributed by atoms with Gasteiger partial charge in [-0.1, -0.05) is 49.7 Å². The summed E-state index contributed by atoms with van der Waals surface area (Å²) in [6.45, 7) is 5.36. The number of piperazine rings is 1. The zero-order valence-electron chi connectivity index (χ0n) is 14.3. The molecule has 1 amide bonds. The van der Waals surface area contributed by atoms with E-state index in [1.807, 2.05) is 47.5 Å². The highest BCUT2D eigenvalue weighted by atomic mass is 16.2. The number of anilines is 1. The molecule has 0 bridgehead atoms. The molecule has 1 atom stereocenters. The Morgan fingerprint density at radius 1 is 1.04 bits per heavy atom. The summed E-state index contributed by atoms with van der Waals surface area (Å²) in [5, 5.41) is 0. The van der Waals surface area contributed by atoms with E-state index in [1.54, 1.807) is 0 Å². The highest BCUT2D eigenvalue weighted by molar-refractivity contribution is 5.84. The normalized spacial score (nSPS) is 16.0. The molecule has 0 aliphatic carbocycles. The molecule has 1 saturated heterocycles. The molecule has 126 valence electrons. The lowest BCUT2D eigenvalue weighted by molar-refractivity contribution is -0.133. The van der Waals surface area contributed by atoms with Crippen LogP contribution in [0.2, 0.25) is 0 Å². The van der Waals surface area contributed by atoms with Crippen LogP contribution >= 0.6 is 0 Å². The minimum absolute atomic E-state index is 0.0161. The van der Waals surface area contributed by atoms with Crippen molar-refractivity contribution in [2.24, 2.45) is 0 Å². The van der Waals surface area contributed by atoms with Gasteiger partial charge in [0.1, 0.15) is 5.82 Å². The zero-order chi connectivity index (χ0) is 16.8. The maximum Gasteiger partial charge on any atom is 0.230 e. The largest absolute Gasteiger partial charge is 0.353 e. The van der Waals surface area contributed by atoms with Gasteiger partial charge in [0.15, 0.2) is 0 Å². The van der Waals surface area contributed by atoms with E-state index in [-0.39, 0.29) is 11.8 Å². The van der Waals surface area contributed by atoms with Crippen molar-refractivity contribution in [3.05, 3.63) is 60.3 Å². The molecule has 1 aromatic heterocycles. The van der Waals surface area contributed by atoms with Gasteiger partial charge in [0.2, 0.25) is 5.91 Å². The Kier molecular flexibility index (Phi) is 5.47. The smallest absolute Gasteiger partial charge is 0.230 e. The summed E-state index contributed by atoms with van der Waals surface area (Å²) >= 11 is 0. The van der Waals surface area contributed by atoms with Gasteiger partial charge < -0.3 is 9.80 Å². The third-order valence-electron chi connectivity index (χ3n) is 4.64. The van der Waals surface area contributed by atoms with Gasteiger partial charge in [-0.05, 0) is 24.1 Å². The van der Waals surface area contributed by atoms with Gasteiger partial charge in [0, 0.05) is 32.4 Å². The van der Waals surface area contributed by atoms with Crippen molar-refractivity contribution >= 4 is 11.7 Å². The van der Waals surface area contributed by atoms with E-state index in [1.165, 1.54) is 0 Å². The molecule has 1 fully saturated rings.